The van der Waals surface area contributed by atoms with Crippen molar-refractivity contribution < 1.29 is 9.18 Å². The molecule has 0 unspecified atom stereocenters. The fraction of sp³-hybridized carbons (Fsp3) is 0.103. The van der Waals surface area contributed by atoms with E-state index >= 15 is 0 Å². The highest BCUT2D eigenvalue weighted by atomic mass is 19.1. The molecule has 1 amide bonds. The number of carbonyl (C=O) groups is 1. The monoisotopic (exact) mass is 434 g/mol. The summed E-state index contributed by atoms with van der Waals surface area (Å²) in [5.41, 5.74) is 4.32. The van der Waals surface area contributed by atoms with Crippen molar-refractivity contribution in [3.8, 4) is 6.07 Å². The molecule has 0 heterocycles. The van der Waals surface area contributed by atoms with Gasteiger partial charge >= 0.3 is 0 Å². The fourth-order valence-corrected chi connectivity index (χ4v) is 3.85. The first kappa shape index (κ1) is 22.0. The Hall–Kier alpha value is -4.23. The van der Waals surface area contributed by atoms with E-state index in [0.29, 0.717) is 12.1 Å². The molecule has 33 heavy (non-hydrogen) atoms. The minimum atomic E-state index is -0.466. The van der Waals surface area contributed by atoms with Crippen LogP contribution in [-0.2, 0) is 17.6 Å². The molecule has 4 heteroatoms. The molecule has 0 aliphatic heterocycles. The van der Waals surface area contributed by atoms with Gasteiger partial charge in [0.25, 0.3) is 5.91 Å². The Morgan fingerprint density at radius 3 is 2.48 bits per heavy atom. The summed E-state index contributed by atoms with van der Waals surface area (Å²) in [5.74, 6) is -0.761. The predicted molar refractivity (Wildman–Crippen MR) is 131 cm³/mol. The molecule has 0 bridgehead atoms. The molecule has 4 rings (SSSR count). The quantitative estimate of drug-likeness (QED) is 0.272. The standard InChI is InChI=1S/C29H23FN2O/c1-2-20-10-14-26(15-11-20)32-29(33)24(19-31)18-28-23(16-21-6-5-8-25(30)17-21)13-12-22-7-3-4-9-27(22)28/h3-15,17-18H,2,16H2,1H3,(H,32,33)/b24-18+. The number of halogens is 1. The van der Waals surface area contributed by atoms with Gasteiger partial charge in [0.05, 0.1) is 0 Å². The van der Waals surface area contributed by atoms with Gasteiger partial charge in [0, 0.05) is 5.69 Å². The second-order valence-electron chi connectivity index (χ2n) is 7.84. The molecule has 162 valence electrons. The second-order valence-corrected chi connectivity index (χ2v) is 7.84. The molecule has 0 aliphatic carbocycles. The molecule has 3 nitrogen and oxygen atoms in total. The molecule has 0 saturated heterocycles. The first-order valence-corrected chi connectivity index (χ1v) is 10.8. The molecule has 0 aromatic heterocycles. The molecule has 1 N–H and O–H groups in total. The normalized spacial score (nSPS) is 11.2. The maximum atomic E-state index is 13.7. The molecule has 0 aliphatic rings. The highest BCUT2D eigenvalue weighted by molar-refractivity contribution is 6.11. The van der Waals surface area contributed by atoms with Gasteiger partial charge in [0.1, 0.15) is 17.5 Å². The maximum Gasteiger partial charge on any atom is 0.266 e. The van der Waals surface area contributed by atoms with Crippen LogP contribution in [0.25, 0.3) is 16.8 Å². The lowest BCUT2D eigenvalue weighted by molar-refractivity contribution is -0.112. The number of amides is 1. The molecular formula is C29H23FN2O. The SMILES string of the molecule is CCc1ccc(NC(=O)/C(C#N)=C/c2c(Cc3cccc(F)c3)ccc3ccccc23)cc1. The number of nitrogens with one attached hydrogen (secondary N) is 1. The van der Waals surface area contributed by atoms with Gasteiger partial charge in [-0.2, -0.15) is 5.26 Å². The van der Waals surface area contributed by atoms with Crippen molar-refractivity contribution >= 4 is 28.4 Å². The van der Waals surface area contributed by atoms with E-state index in [1.807, 2.05) is 72.8 Å². The Morgan fingerprint density at radius 2 is 1.76 bits per heavy atom. The Labute approximate surface area is 192 Å². The molecule has 4 aromatic rings. The third-order valence-electron chi connectivity index (χ3n) is 5.62. The van der Waals surface area contributed by atoms with Crippen LogP contribution >= 0.6 is 0 Å². The zero-order valence-corrected chi connectivity index (χ0v) is 18.3. The van der Waals surface area contributed by atoms with Crippen LogP contribution in [0.5, 0.6) is 0 Å². The van der Waals surface area contributed by atoms with Crippen LogP contribution in [0.1, 0.15) is 29.2 Å². The van der Waals surface area contributed by atoms with Crippen LogP contribution in [0.2, 0.25) is 0 Å². The number of rotatable bonds is 6. The molecule has 0 radical (unpaired) electrons. The Morgan fingerprint density at radius 1 is 0.970 bits per heavy atom. The average molecular weight is 435 g/mol. The van der Waals surface area contributed by atoms with E-state index in [9.17, 15) is 14.4 Å². The summed E-state index contributed by atoms with van der Waals surface area (Å²) < 4.78 is 13.7. The Balaban J connectivity index is 1.73. The van der Waals surface area contributed by atoms with E-state index in [1.165, 1.54) is 17.7 Å². The molecular weight excluding hydrogens is 411 g/mol. The minimum Gasteiger partial charge on any atom is -0.321 e. The van der Waals surface area contributed by atoms with Crippen LogP contribution in [0.4, 0.5) is 10.1 Å². The van der Waals surface area contributed by atoms with E-state index in [1.54, 1.807) is 12.1 Å². The topological polar surface area (TPSA) is 52.9 Å². The van der Waals surface area contributed by atoms with E-state index in [-0.39, 0.29) is 11.4 Å². The van der Waals surface area contributed by atoms with E-state index in [4.69, 9.17) is 0 Å². The summed E-state index contributed by atoms with van der Waals surface area (Å²) >= 11 is 0. The lowest BCUT2D eigenvalue weighted by Crippen LogP contribution is -2.13. The van der Waals surface area contributed by atoms with Crippen LogP contribution in [0.15, 0.2) is 90.5 Å². The van der Waals surface area contributed by atoms with E-state index in [2.05, 4.69) is 12.2 Å². The summed E-state index contributed by atoms with van der Waals surface area (Å²) in [7, 11) is 0. The van der Waals surface area contributed by atoms with Crippen molar-refractivity contribution in [3.05, 3.63) is 119 Å². The van der Waals surface area contributed by atoms with Gasteiger partial charge in [0.15, 0.2) is 0 Å². The maximum absolute atomic E-state index is 13.7. The number of nitriles is 1. The zero-order valence-electron chi connectivity index (χ0n) is 18.3. The van der Waals surface area contributed by atoms with Gasteiger partial charge in [-0.25, -0.2) is 4.39 Å². The number of anilines is 1. The molecule has 0 fully saturated rings. The lowest BCUT2D eigenvalue weighted by atomic mass is 9.93. The summed E-state index contributed by atoms with van der Waals surface area (Å²) in [6.07, 6.45) is 3.02. The van der Waals surface area contributed by atoms with Crippen LogP contribution < -0.4 is 5.32 Å². The highest BCUT2D eigenvalue weighted by Gasteiger charge is 2.14. The molecule has 4 aromatic carbocycles. The van der Waals surface area contributed by atoms with Gasteiger partial charge < -0.3 is 5.32 Å². The smallest absolute Gasteiger partial charge is 0.266 e. The van der Waals surface area contributed by atoms with Crippen molar-refractivity contribution in [1.29, 1.82) is 5.26 Å². The largest absolute Gasteiger partial charge is 0.321 e. The van der Waals surface area contributed by atoms with Crippen LogP contribution in [-0.4, -0.2) is 5.91 Å². The third-order valence-corrected chi connectivity index (χ3v) is 5.62. The molecule has 0 saturated carbocycles. The van der Waals surface area contributed by atoms with Gasteiger partial charge in [0.2, 0.25) is 0 Å². The van der Waals surface area contributed by atoms with Gasteiger partial charge in [-0.15, -0.1) is 0 Å². The summed E-state index contributed by atoms with van der Waals surface area (Å²) in [6.45, 7) is 2.07. The number of aryl methyl sites for hydroxylation is 1. The van der Waals surface area contributed by atoms with E-state index in [0.717, 1.165) is 33.9 Å². The minimum absolute atomic E-state index is 0.00594. The van der Waals surface area contributed by atoms with Crippen molar-refractivity contribution in [2.75, 3.05) is 5.32 Å². The first-order chi connectivity index (χ1) is 16.1. The number of carbonyl (C=O) groups excluding carboxylic acids is 1. The van der Waals surface area contributed by atoms with Crippen molar-refractivity contribution in [2.45, 2.75) is 19.8 Å². The van der Waals surface area contributed by atoms with Crippen molar-refractivity contribution in [3.63, 3.8) is 0 Å². The number of nitrogens with zero attached hydrogens (tertiary/aromatic N) is 1. The Kier molecular flexibility index (Phi) is 6.61. The number of fused-ring (bicyclic) bond motifs is 1. The lowest BCUT2D eigenvalue weighted by Gasteiger charge is -2.12. The van der Waals surface area contributed by atoms with Gasteiger partial charge in [-0.3, -0.25) is 4.79 Å². The number of hydrogen-bond acceptors (Lipinski definition) is 2. The third kappa shape index (κ3) is 5.16. The summed E-state index contributed by atoms with van der Waals surface area (Å²) in [6, 6.07) is 27.9. The van der Waals surface area contributed by atoms with Gasteiger partial charge in [-0.1, -0.05) is 67.6 Å². The first-order valence-electron chi connectivity index (χ1n) is 10.8. The zero-order chi connectivity index (χ0) is 23.2. The molecule has 0 spiro atoms. The predicted octanol–water partition coefficient (Wildman–Crippen LogP) is 6.68. The Bertz CT molecular complexity index is 1380. The van der Waals surface area contributed by atoms with Crippen LogP contribution in [0, 0.1) is 17.1 Å². The van der Waals surface area contributed by atoms with Crippen molar-refractivity contribution in [2.24, 2.45) is 0 Å². The second kappa shape index (κ2) is 9.93. The van der Waals surface area contributed by atoms with E-state index < -0.39 is 5.91 Å². The average Bonchev–Trinajstić information content (AvgIpc) is 2.83. The highest BCUT2D eigenvalue weighted by Crippen LogP contribution is 2.27. The fourth-order valence-electron chi connectivity index (χ4n) is 3.85. The van der Waals surface area contributed by atoms with Crippen LogP contribution in [0.3, 0.4) is 0 Å². The van der Waals surface area contributed by atoms with Gasteiger partial charge in [-0.05, 0) is 76.2 Å². The van der Waals surface area contributed by atoms with Crippen molar-refractivity contribution in [1.82, 2.24) is 0 Å². The summed E-state index contributed by atoms with van der Waals surface area (Å²) in [5, 5.41) is 14.5. The molecule has 0 atom stereocenters. The number of benzene rings is 4. The number of hydrogen-bond donors (Lipinski definition) is 1. The summed E-state index contributed by atoms with van der Waals surface area (Å²) in [4.78, 5) is 12.9.